The fourth-order valence-corrected chi connectivity index (χ4v) is 5.53. The summed E-state index contributed by atoms with van der Waals surface area (Å²) in [4.78, 5) is 28.9. The van der Waals surface area contributed by atoms with Crippen molar-refractivity contribution in [2.24, 2.45) is 5.41 Å². The molecule has 1 aromatic carbocycles. The van der Waals surface area contributed by atoms with E-state index in [1.54, 1.807) is 42.2 Å². The number of anilines is 2. The normalized spacial score (nSPS) is 18.9. The van der Waals surface area contributed by atoms with Crippen molar-refractivity contribution in [1.29, 1.82) is 0 Å². The van der Waals surface area contributed by atoms with Crippen LogP contribution in [-0.2, 0) is 0 Å². The molecule has 1 aliphatic carbocycles. The molecule has 1 saturated heterocycles. The highest BCUT2D eigenvalue weighted by Gasteiger charge is 2.52. The summed E-state index contributed by atoms with van der Waals surface area (Å²) in [6.45, 7) is 6.86. The van der Waals surface area contributed by atoms with Gasteiger partial charge in [-0.05, 0) is 44.9 Å². The maximum atomic E-state index is 14.5. The van der Waals surface area contributed by atoms with Crippen LogP contribution in [0.3, 0.4) is 0 Å². The first-order chi connectivity index (χ1) is 17.0. The Morgan fingerprint density at radius 2 is 2.00 bits per heavy atom. The van der Waals surface area contributed by atoms with Crippen LogP contribution in [0.5, 0.6) is 0 Å². The number of halogens is 1. The number of aromatic nitrogens is 4. The highest BCUT2D eigenvalue weighted by molar-refractivity contribution is 6.13. The molecule has 3 aromatic heterocycles. The molecule has 2 fully saturated rings. The van der Waals surface area contributed by atoms with E-state index in [4.69, 9.17) is 0 Å². The number of piperidine rings is 1. The number of carbonyl (C=O) groups is 1. The summed E-state index contributed by atoms with van der Waals surface area (Å²) >= 11 is 0. The minimum absolute atomic E-state index is 0.229. The number of imidazole rings is 1. The van der Waals surface area contributed by atoms with Gasteiger partial charge in [-0.1, -0.05) is 6.92 Å². The van der Waals surface area contributed by atoms with Gasteiger partial charge in [0.2, 0.25) is 0 Å². The molecule has 6 rings (SSSR count). The SMILES string of the molecule is CCN[C@@H]1CCN(c2ccc(C(=O)Nc3cc(F)c4nc(C)cn4c3)c3nccnc23)CC12CC2. The Bertz CT molecular complexity index is 1440. The van der Waals surface area contributed by atoms with Crippen LogP contribution in [0.1, 0.15) is 42.2 Å². The van der Waals surface area contributed by atoms with Crippen LogP contribution >= 0.6 is 0 Å². The van der Waals surface area contributed by atoms with Crippen molar-refractivity contribution in [2.45, 2.75) is 39.2 Å². The predicted octanol–water partition coefficient (Wildman–Crippen LogP) is 3.95. The van der Waals surface area contributed by atoms with Crippen LogP contribution in [0.25, 0.3) is 16.7 Å². The smallest absolute Gasteiger partial charge is 0.257 e. The zero-order valence-electron chi connectivity index (χ0n) is 19.9. The number of benzene rings is 1. The number of rotatable bonds is 5. The minimum atomic E-state index is -0.495. The lowest BCUT2D eigenvalue weighted by atomic mass is 9.88. The van der Waals surface area contributed by atoms with Gasteiger partial charge in [0.05, 0.1) is 22.6 Å². The van der Waals surface area contributed by atoms with E-state index < -0.39 is 5.82 Å². The first kappa shape index (κ1) is 21.9. The van der Waals surface area contributed by atoms with Crippen LogP contribution in [0.15, 0.2) is 43.0 Å². The number of hydrogen-bond acceptors (Lipinski definition) is 6. The average Bonchev–Trinajstić information content (AvgIpc) is 3.50. The molecule has 0 radical (unpaired) electrons. The van der Waals surface area contributed by atoms with Gasteiger partial charge in [-0.2, -0.15) is 0 Å². The van der Waals surface area contributed by atoms with E-state index in [1.165, 1.54) is 18.9 Å². The number of hydrogen-bond donors (Lipinski definition) is 2. The number of nitrogens with one attached hydrogen (secondary N) is 2. The van der Waals surface area contributed by atoms with E-state index in [9.17, 15) is 9.18 Å². The molecule has 4 aromatic rings. The third-order valence-electron chi connectivity index (χ3n) is 7.35. The Balaban J connectivity index is 1.31. The largest absolute Gasteiger partial charge is 0.369 e. The second-order valence-electron chi connectivity index (χ2n) is 9.71. The molecule has 0 unspecified atom stereocenters. The third-order valence-corrected chi connectivity index (χ3v) is 7.35. The fraction of sp³-hybridized carbons (Fsp3) is 0.385. The molecule has 1 aliphatic heterocycles. The van der Waals surface area contributed by atoms with Crippen LogP contribution in [-0.4, -0.2) is 50.9 Å². The van der Waals surface area contributed by atoms with Gasteiger partial charge in [0.1, 0.15) is 11.0 Å². The molecule has 2 N–H and O–H groups in total. The summed E-state index contributed by atoms with van der Waals surface area (Å²) in [6, 6.07) is 5.61. The second kappa shape index (κ2) is 8.27. The molecule has 1 atom stereocenters. The molecule has 35 heavy (non-hydrogen) atoms. The summed E-state index contributed by atoms with van der Waals surface area (Å²) in [7, 11) is 0. The number of fused-ring (bicyclic) bond motifs is 2. The van der Waals surface area contributed by atoms with Crippen LogP contribution in [0.4, 0.5) is 15.8 Å². The first-order valence-corrected chi connectivity index (χ1v) is 12.2. The van der Waals surface area contributed by atoms with E-state index in [0.717, 1.165) is 31.7 Å². The van der Waals surface area contributed by atoms with E-state index in [0.29, 0.717) is 39.4 Å². The summed E-state index contributed by atoms with van der Waals surface area (Å²) < 4.78 is 16.1. The molecule has 0 bridgehead atoms. The quantitative estimate of drug-likeness (QED) is 0.457. The highest BCUT2D eigenvalue weighted by Crippen LogP contribution is 2.53. The summed E-state index contributed by atoms with van der Waals surface area (Å²) in [6.07, 6.45) is 10.2. The lowest BCUT2D eigenvalue weighted by molar-refractivity contribution is 0.102. The number of aryl methyl sites for hydroxylation is 1. The molecule has 1 saturated carbocycles. The molecule has 8 nitrogen and oxygen atoms in total. The van der Waals surface area contributed by atoms with Gasteiger partial charge in [0.15, 0.2) is 11.5 Å². The number of nitrogens with zero attached hydrogens (tertiary/aromatic N) is 5. The Morgan fingerprint density at radius 3 is 2.77 bits per heavy atom. The molecule has 180 valence electrons. The topological polar surface area (TPSA) is 87.5 Å². The standard InChI is InChI=1S/C26H28FN7O/c1-3-28-21-6-11-33(15-26(21)7-8-26)20-5-4-18(22-23(20)30-10-9-29-22)25(35)32-17-12-19(27)24-31-16(2)13-34(24)14-17/h4-5,9-10,12-14,21,28H,3,6-8,11,15H2,1-2H3,(H,32,35)/t21-/m1/s1. The van der Waals surface area contributed by atoms with E-state index in [2.05, 4.69) is 37.4 Å². The van der Waals surface area contributed by atoms with E-state index in [1.807, 2.05) is 6.07 Å². The van der Waals surface area contributed by atoms with Crippen molar-refractivity contribution >= 4 is 34.0 Å². The number of pyridine rings is 1. The van der Waals surface area contributed by atoms with Gasteiger partial charge in [0.25, 0.3) is 5.91 Å². The van der Waals surface area contributed by atoms with Crippen molar-refractivity contribution in [3.8, 4) is 0 Å². The van der Waals surface area contributed by atoms with Crippen molar-refractivity contribution in [3.05, 3.63) is 60.1 Å². The summed E-state index contributed by atoms with van der Waals surface area (Å²) in [5.41, 5.74) is 4.27. The van der Waals surface area contributed by atoms with Gasteiger partial charge < -0.3 is 19.9 Å². The van der Waals surface area contributed by atoms with Crippen LogP contribution in [0.2, 0.25) is 0 Å². The third kappa shape index (κ3) is 3.80. The van der Waals surface area contributed by atoms with Crippen molar-refractivity contribution in [3.63, 3.8) is 0 Å². The van der Waals surface area contributed by atoms with Gasteiger partial charge in [0, 0.05) is 55.4 Å². The molecular weight excluding hydrogens is 445 g/mol. The molecular formula is C26H28FN7O. The lowest BCUT2D eigenvalue weighted by Gasteiger charge is -2.41. The van der Waals surface area contributed by atoms with Crippen molar-refractivity contribution < 1.29 is 9.18 Å². The Kier molecular flexibility index (Phi) is 5.17. The predicted molar refractivity (Wildman–Crippen MR) is 133 cm³/mol. The maximum absolute atomic E-state index is 14.5. The minimum Gasteiger partial charge on any atom is -0.369 e. The number of amides is 1. The van der Waals surface area contributed by atoms with Gasteiger partial charge in [-0.25, -0.2) is 9.37 Å². The zero-order chi connectivity index (χ0) is 24.2. The molecule has 2 aliphatic rings. The second-order valence-corrected chi connectivity index (χ2v) is 9.71. The maximum Gasteiger partial charge on any atom is 0.257 e. The molecule has 1 amide bonds. The molecule has 1 spiro atoms. The van der Waals surface area contributed by atoms with Crippen molar-refractivity contribution in [1.82, 2.24) is 24.7 Å². The Morgan fingerprint density at radius 1 is 1.20 bits per heavy atom. The monoisotopic (exact) mass is 473 g/mol. The zero-order valence-corrected chi connectivity index (χ0v) is 19.9. The van der Waals surface area contributed by atoms with Gasteiger partial charge in [-0.3, -0.25) is 14.8 Å². The lowest BCUT2D eigenvalue weighted by Crippen LogP contribution is -2.51. The Labute approximate surface area is 202 Å². The van der Waals surface area contributed by atoms with Gasteiger partial charge in [-0.15, -0.1) is 0 Å². The molecule has 9 heteroatoms. The fourth-order valence-electron chi connectivity index (χ4n) is 5.53. The summed E-state index contributed by atoms with van der Waals surface area (Å²) in [5.74, 6) is -0.854. The van der Waals surface area contributed by atoms with E-state index in [-0.39, 0.29) is 11.6 Å². The molecule has 4 heterocycles. The average molecular weight is 474 g/mol. The van der Waals surface area contributed by atoms with E-state index >= 15 is 0 Å². The van der Waals surface area contributed by atoms with Crippen LogP contribution in [0, 0.1) is 18.2 Å². The van der Waals surface area contributed by atoms with Crippen LogP contribution < -0.4 is 15.5 Å². The van der Waals surface area contributed by atoms with Crippen molar-refractivity contribution in [2.75, 3.05) is 29.9 Å². The van der Waals surface area contributed by atoms with Gasteiger partial charge >= 0.3 is 0 Å². The number of carbonyl (C=O) groups excluding carboxylic acids is 1. The summed E-state index contributed by atoms with van der Waals surface area (Å²) in [5, 5.41) is 6.49. The Hall–Kier alpha value is -3.59. The highest BCUT2D eigenvalue weighted by atomic mass is 19.1. The first-order valence-electron chi connectivity index (χ1n) is 12.2.